The average Bonchev–Trinajstić information content (AvgIpc) is 2.78. The molecule has 3 aromatic carbocycles. The maximum Gasteiger partial charge on any atom is 0.340 e. The standard InChI is InChI=1S/C21H8BrClF5NO4S/c22-11-7-8(23)1-2-9(11)15-10-3-6-14(30)29-12(10)4-5-13(15)34(31,32)33-21-19(27)17(25)16(24)18(26)20(21)28/h1-7H,(H,29,30). The molecular weight excluding hydrogens is 573 g/mol. The molecule has 0 unspecified atom stereocenters. The van der Waals surface area contributed by atoms with Gasteiger partial charge >= 0.3 is 10.1 Å². The maximum absolute atomic E-state index is 14.1. The number of halogens is 7. The molecule has 1 aromatic heterocycles. The van der Waals surface area contributed by atoms with Gasteiger partial charge < -0.3 is 9.17 Å². The molecule has 0 fully saturated rings. The van der Waals surface area contributed by atoms with Crippen LogP contribution in [0.2, 0.25) is 5.02 Å². The highest BCUT2D eigenvalue weighted by atomic mass is 79.9. The summed E-state index contributed by atoms with van der Waals surface area (Å²) in [4.78, 5) is 13.5. The van der Waals surface area contributed by atoms with Crippen LogP contribution in [0, 0.1) is 29.1 Å². The van der Waals surface area contributed by atoms with Crippen molar-refractivity contribution in [2.45, 2.75) is 4.90 Å². The Hall–Kier alpha value is -2.96. The summed E-state index contributed by atoms with van der Waals surface area (Å²) in [5.74, 6) is -14.1. The van der Waals surface area contributed by atoms with Crippen molar-refractivity contribution in [1.29, 1.82) is 0 Å². The highest BCUT2D eigenvalue weighted by molar-refractivity contribution is 9.10. The molecule has 34 heavy (non-hydrogen) atoms. The van der Waals surface area contributed by atoms with Crippen molar-refractivity contribution in [1.82, 2.24) is 4.98 Å². The molecule has 0 radical (unpaired) electrons. The number of aromatic nitrogens is 1. The predicted octanol–water partition coefficient (Wildman–Crippen LogP) is 6.07. The minimum Gasteiger partial charge on any atom is -0.372 e. The van der Waals surface area contributed by atoms with Gasteiger partial charge in [0.25, 0.3) is 0 Å². The number of rotatable bonds is 4. The summed E-state index contributed by atoms with van der Waals surface area (Å²) >= 11 is 9.20. The molecule has 176 valence electrons. The van der Waals surface area contributed by atoms with Crippen molar-refractivity contribution >= 4 is 48.6 Å². The Morgan fingerprint density at radius 3 is 2.09 bits per heavy atom. The van der Waals surface area contributed by atoms with Gasteiger partial charge in [0.05, 0.1) is 0 Å². The monoisotopic (exact) mass is 579 g/mol. The molecule has 0 atom stereocenters. The van der Waals surface area contributed by atoms with Crippen LogP contribution in [-0.4, -0.2) is 13.4 Å². The second-order valence-electron chi connectivity index (χ2n) is 6.78. The van der Waals surface area contributed by atoms with Crippen molar-refractivity contribution in [3.05, 3.63) is 91.4 Å². The molecule has 5 nitrogen and oxygen atoms in total. The quantitative estimate of drug-likeness (QED) is 0.138. The molecule has 0 bridgehead atoms. The van der Waals surface area contributed by atoms with Gasteiger partial charge in [-0.1, -0.05) is 33.6 Å². The molecule has 0 amide bonds. The lowest BCUT2D eigenvalue weighted by molar-refractivity contribution is 0.347. The number of H-pyrrole nitrogens is 1. The SMILES string of the molecule is O=c1ccc2c(-c3ccc(Cl)cc3Br)c(S(=O)(=O)Oc3c(F)c(F)c(F)c(F)c3F)ccc2[nH]1. The van der Waals surface area contributed by atoms with Crippen LogP contribution in [0.1, 0.15) is 0 Å². The van der Waals surface area contributed by atoms with Crippen LogP contribution >= 0.6 is 27.5 Å². The zero-order chi connectivity index (χ0) is 24.9. The third-order valence-electron chi connectivity index (χ3n) is 4.70. The molecule has 4 rings (SSSR count). The summed E-state index contributed by atoms with van der Waals surface area (Å²) < 4.78 is 99.6. The van der Waals surface area contributed by atoms with E-state index in [9.17, 15) is 35.2 Å². The van der Waals surface area contributed by atoms with Gasteiger partial charge in [-0.05, 0) is 35.9 Å². The van der Waals surface area contributed by atoms with Gasteiger partial charge in [0.2, 0.25) is 40.4 Å². The lowest BCUT2D eigenvalue weighted by Crippen LogP contribution is -2.16. The van der Waals surface area contributed by atoms with E-state index in [4.69, 9.17) is 11.6 Å². The van der Waals surface area contributed by atoms with E-state index in [0.717, 1.165) is 12.1 Å². The fraction of sp³-hybridized carbons (Fsp3) is 0. The number of benzene rings is 3. The number of hydrogen-bond donors (Lipinski definition) is 1. The first kappa shape index (κ1) is 24.2. The van der Waals surface area contributed by atoms with Crippen LogP contribution < -0.4 is 9.74 Å². The second kappa shape index (κ2) is 8.67. The van der Waals surface area contributed by atoms with Crippen LogP contribution in [0.15, 0.2) is 56.6 Å². The summed E-state index contributed by atoms with van der Waals surface area (Å²) in [5, 5.41) is 0.455. The third-order valence-corrected chi connectivity index (χ3v) is 6.86. The highest BCUT2D eigenvalue weighted by Gasteiger charge is 2.32. The van der Waals surface area contributed by atoms with Crippen LogP contribution in [0.5, 0.6) is 5.75 Å². The molecule has 4 aromatic rings. The van der Waals surface area contributed by atoms with Gasteiger partial charge in [-0.15, -0.1) is 0 Å². The predicted molar refractivity (Wildman–Crippen MR) is 117 cm³/mol. The number of hydrogen-bond acceptors (Lipinski definition) is 4. The fourth-order valence-corrected chi connectivity index (χ4v) is 5.25. The Labute approximate surface area is 201 Å². The zero-order valence-electron chi connectivity index (χ0n) is 16.2. The molecule has 1 heterocycles. The van der Waals surface area contributed by atoms with E-state index in [-0.39, 0.29) is 27.1 Å². The normalized spacial score (nSPS) is 11.7. The van der Waals surface area contributed by atoms with E-state index >= 15 is 0 Å². The number of fused-ring (bicyclic) bond motifs is 1. The molecule has 0 spiro atoms. The molecule has 13 heteroatoms. The van der Waals surface area contributed by atoms with E-state index in [1.807, 2.05) is 0 Å². The molecule has 0 aliphatic rings. The Morgan fingerprint density at radius 1 is 0.853 bits per heavy atom. The summed E-state index contributed by atoms with van der Waals surface area (Å²) in [7, 11) is -5.19. The van der Waals surface area contributed by atoms with Crippen LogP contribution in [-0.2, 0) is 10.1 Å². The zero-order valence-corrected chi connectivity index (χ0v) is 19.4. The first-order chi connectivity index (χ1) is 15.9. The Morgan fingerprint density at radius 2 is 1.47 bits per heavy atom. The van der Waals surface area contributed by atoms with E-state index in [0.29, 0.717) is 4.47 Å². The Bertz CT molecular complexity index is 1630. The van der Waals surface area contributed by atoms with Crippen molar-refractivity contribution in [2.75, 3.05) is 0 Å². The van der Waals surface area contributed by atoms with Gasteiger partial charge in [-0.3, -0.25) is 4.79 Å². The van der Waals surface area contributed by atoms with E-state index in [2.05, 4.69) is 25.1 Å². The first-order valence-electron chi connectivity index (χ1n) is 8.99. The highest BCUT2D eigenvalue weighted by Crippen LogP contribution is 2.40. The summed E-state index contributed by atoms with van der Waals surface area (Å²) in [6, 6.07) is 8.81. The topological polar surface area (TPSA) is 76.2 Å². The van der Waals surface area contributed by atoms with Gasteiger partial charge in [-0.2, -0.15) is 17.2 Å². The van der Waals surface area contributed by atoms with Crippen molar-refractivity contribution in [3.63, 3.8) is 0 Å². The molecular formula is C21H8BrClF5NO4S. The number of pyridine rings is 1. The van der Waals surface area contributed by atoms with E-state index < -0.39 is 55.4 Å². The lowest BCUT2D eigenvalue weighted by atomic mass is 10.0. The average molecular weight is 581 g/mol. The van der Waals surface area contributed by atoms with Gasteiger partial charge in [0.1, 0.15) is 4.90 Å². The summed E-state index contributed by atoms with van der Waals surface area (Å²) in [5.41, 5.74) is -0.191. The Balaban J connectivity index is 2.02. The molecule has 0 aliphatic carbocycles. The lowest BCUT2D eigenvalue weighted by Gasteiger charge is -2.16. The van der Waals surface area contributed by atoms with Crippen LogP contribution in [0.25, 0.3) is 22.0 Å². The maximum atomic E-state index is 14.1. The van der Waals surface area contributed by atoms with Gasteiger partial charge in [0, 0.05) is 32.0 Å². The van der Waals surface area contributed by atoms with Crippen molar-refractivity contribution < 1.29 is 34.6 Å². The van der Waals surface area contributed by atoms with Crippen molar-refractivity contribution in [3.8, 4) is 16.9 Å². The number of nitrogens with one attached hydrogen (secondary N) is 1. The summed E-state index contributed by atoms with van der Waals surface area (Å²) in [6.45, 7) is 0. The fourth-order valence-electron chi connectivity index (χ4n) is 3.21. The third kappa shape index (κ3) is 4.05. The molecule has 1 N–H and O–H groups in total. The number of aromatic amines is 1. The molecule has 0 saturated carbocycles. The van der Waals surface area contributed by atoms with Gasteiger partial charge in [-0.25, -0.2) is 13.2 Å². The minimum atomic E-state index is -5.19. The molecule has 0 aliphatic heterocycles. The van der Waals surface area contributed by atoms with Crippen LogP contribution in [0.4, 0.5) is 22.0 Å². The largest absolute Gasteiger partial charge is 0.372 e. The second-order valence-corrected chi connectivity index (χ2v) is 9.59. The minimum absolute atomic E-state index is 0.0961. The summed E-state index contributed by atoms with van der Waals surface area (Å²) in [6.07, 6.45) is 0. The van der Waals surface area contributed by atoms with E-state index in [1.165, 1.54) is 30.3 Å². The first-order valence-corrected chi connectivity index (χ1v) is 11.6. The smallest absolute Gasteiger partial charge is 0.340 e. The van der Waals surface area contributed by atoms with Crippen LogP contribution in [0.3, 0.4) is 0 Å². The molecule has 0 saturated heterocycles. The van der Waals surface area contributed by atoms with E-state index in [1.54, 1.807) is 0 Å². The van der Waals surface area contributed by atoms with Gasteiger partial charge in [0.15, 0.2) is 0 Å². The Kier molecular flexibility index (Phi) is 6.17. The van der Waals surface area contributed by atoms with Crippen molar-refractivity contribution in [2.24, 2.45) is 0 Å².